The van der Waals surface area contributed by atoms with Crippen LogP contribution in [0.15, 0.2) is 0 Å². The highest BCUT2D eigenvalue weighted by Crippen LogP contribution is 2.48. The van der Waals surface area contributed by atoms with Gasteiger partial charge in [-0.3, -0.25) is 4.79 Å². The lowest BCUT2D eigenvalue weighted by molar-refractivity contribution is -0.125. The van der Waals surface area contributed by atoms with Crippen molar-refractivity contribution < 1.29 is 13.2 Å². The van der Waals surface area contributed by atoms with Crippen LogP contribution in [0.5, 0.6) is 0 Å². The average molecular weight is 390 g/mol. The van der Waals surface area contributed by atoms with Crippen LogP contribution < -0.4 is 5.32 Å². The van der Waals surface area contributed by atoms with Crippen molar-refractivity contribution in [3.63, 3.8) is 0 Å². The zero-order chi connectivity index (χ0) is 18.7. The number of nitrogens with one attached hydrogen (secondary N) is 1. The predicted molar refractivity (Wildman–Crippen MR) is 106 cm³/mol. The second kappa shape index (κ2) is 8.64. The summed E-state index contributed by atoms with van der Waals surface area (Å²) >= 11 is 0. The van der Waals surface area contributed by atoms with Crippen LogP contribution in [0.4, 0.5) is 0 Å². The summed E-state index contributed by atoms with van der Waals surface area (Å²) < 4.78 is 22.7. The Morgan fingerprint density at radius 2 is 1.84 bits per heavy atom. The van der Waals surface area contributed by atoms with E-state index < -0.39 is 8.87 Å². The standard InChI is InChI=1S/C19H35NO3S2/c1-14(12-19(2,3)24-25(4,22)23)13-20-18(21)16-9-7-5-6-8-15-10-17(15)11-16/h14-17H,5-13H2,1-4H3,(H,20,21). The Morgan fingerprint density at radius 3 is 2.52 bits per heavy atom. The monoisotopic (exact) mass is 389 g/mol. The Bertz CT molecular complexity index is 559. The van der Waals surface area contributed by atoms with Crippen molar-refractivity contribution in [2.45, 2.75) is 76.9 Å². The average Bonchev–Trinajstić information content (AvgIpc) is 3.16. The molecule has 0 heterocycles. The maximum atomic E-state index is 12.6. The highest BCUT2D eigenvalue weighted by molar-refractivity contribution is 8.72. The van der Waals surface area contributed by atoms with E-state index in [0.29, 0.717) is 6.54 Å². The minimum Gasteiger partial charge on any atom is -0.356 e. The molecule has 2 fully saturated rings. The molecular formula is C19H35NO3S2. The molecule has 0 aromatic rings. The van der Waals surface area contributed by atoms with Gasteiger partial charge in [-0.05, 0) is 68.1 Å². The van der Waals surface area contributed by atoms with Gasteiger partial charge in [-0.25, -0.2) is 8.42 Å². The van der Waals surface area contributed by atoms with Crippen LogP contribution in [0.3, 0.4) is 0 Å². The quantitative estimate of drug-likeness (QED) is 0.663. The summed E-state index contributed by atoms with van der Waals surface area (Å²) in [4.78, 5) is 12.6. The fourth-order valence-corrected chi connectivity index (χ4v) is 8.26. The van der Waals surface area contributed by atoms with Gasteiger partial charge in [0.15, 0.2) is 8.87 Å². The molecular weight excluding hydrogens is 354 g/mol. The Balaban J connectivity index is 1.77. The zero-order valence-electron chi connectivity index (χ0n) is 16.2. The molecule has 1 amide bonds. The summed E-state index contributed by atoms with van der Waals surface area (Å²) in [6.07, 6.45) is 10.6. The van der Waals surface area contributed by atoms with Crippen molar-refractivity contribution in [3.05, 3.63) is 0 Å². The number of rotatable bonds is 7. The van der Waals surface area contributed by atoms with Crippen LogP contribution >= 0.6 is 10.8 Å². The Hall–Kier alpha value is -0.230. The molecule has 0 aromatic heterocycles. The lowest BCUT2D eigenvalue weighted by Crippen LogP contribution is -2.35. The van der Waals surface area contributed by atoms with E-state index in [2.05, 4.69) is 12.2 Å². The van der Waals surface area contributed by atoms with E-state index in [4.69, 9.17) is 0 Å². The van der Waals surface area contributed by atoms with Crippen molar-refractivity contribution in [3.8, 4) is 0 Å². The van der Waals surface area contributed by atoms with Crippen LogP contribution in [0.2, 0.25) is 0 Å². The highest BCUT2D eigenvalue weighted by Gasteiger charge is 2.39. The van der Waals surface area contributed by atoms with Gasteiger partial charge < -0.3 is 5.32 Å². The van der Waals surface area contributed by atoms with Crippen LogP contribution in [-0.2, 0) is 13.7 Å². The third-order valence-electron chi connectivity index (χ3n) is 5.50. The predicted octanol–water partition coefficient (Wildman–Crippen LogP) is 4.21. The normalized spacial score (nSPS) is 28.9. The van der Waals surface area contributed by atoms with Crippen molar-refractivity contribution in [1.29, 1.82) is 0 Å². The second-order valence-corrected chi connectivity index (χ2v) is 13.9. The molecule has 6 heteroatoms. The lowest BCUT2D eigenvalue weighted by atomic mass is 9.94. The van der Waals surface area contributed by atoms with E-state index in [1.54, 1.807) is 0 Å². The van der Waals surface area contributed by atoms with Gasteiger partial charge in [-0.15, -0.1) is 0 Å². The second-order valence-electron chi connectivity index (χ2n) is 8.93. The number of amides is 1. The largest absolute Gasteiger partial charge is 0.356 e. The van der Waals surface area contributed by atoms with Gasteiger partial charge in [0.1, 0.15) is 0 Å². The smallest absolute Gasteiger partial charge is 0.223 e. The zero-order valence-corrected chi connectivity index (χ0v) is 17.8. The van der Waals surface area contributed by atoms with Crippen molar-refractivity contribution in [2.75, 3.05) is 12.8 Å². The lowest BCUT2D eigenvalue weighted by Gasteiger charge is -2.27. The highest BCUT2D eigenvalue weighted by atomic mass is 33.1. The van der Waals surface area contributed by atoms with E-state index in [-0.39, 0.29) is 22.5 Å². The van der Waals surface area contributed by atoms with Gasteiger partial charge in [-0.2, -0.15) is 0 Å². The molecule has 25 heavy (non-hydrogen) atoms. The van der Waals surface area contributed by atoms with Gasteiger partial charge >= 0.3 is 0 Å². The summed E-state index contributed by atoms with van der Waals surface area (Å²) in [5.74, 6) is 2.34. The number of carbonyl (C=O) groups excluding carboxylic acids is 1. The molecule has 0 saturated heterocycles. The van der Waals surface area contributed by atoms with E-state index in [1.165, 1.54) is 38.4 Å². The summed E-state index contributed by atoms with van der Waals surface area (Å²) in [7, 11) is -2.04. The Kier molecular flexibility index (Phi) is 7.28. The third-order valence-corrected chi connectivity index (χ3v) is 8.68. The molecule has 2 aliphatic carbocycles. The van der Waals surface area contributed by atoms with Crippen molar-refractivity contribution in [2.24, 2.45) is 23.7 Å². The number of carbonyl (C=O) groups is 1. The molecule has 0 radical (unpaired) electrons. The van der Waals surface area contributed by atoms with Gasteiger partial charge in [0.25, 0.3) is 0 Å². The van der Waals surface area contributed by atoms with Crippen LogP contribution in [-0.4, -0.2) is 31.9 Å². The van der Waals surface area contributed by atoms with Gasteiger partial charge in [0.05, 0.1) is 0 Å². The molecule has 4 unspecified atom stereocenters. The fourth-order valence-electron chi connectivity index (χ4n) is 4.42. The molecule has 146 valence electrons. The summed E-state index contributed by atoms with van der Waals surface area (Å²) in [5.41, 5.74) is 0. The van der Waals surface area contributed by atoms with Crippen LogP contribution in [0.1, 0.15) is 72.1 Å². The topological polar surface area (TPSA) is 63.2 Å². The first-order chi connectivity index (χ1) is 11.6. The SMILES string of the molecule is CC(CNC(=O)C1CCCCCC2CC2C1)CC(C)(C)SS(C)(=O)=O. The first-order valence-electron chi connectivity index (χ1n) is 9.74. The first kappa shape index (κ1) is 21.1. The summed E-state index contributed by atoms with van der Waals surface area (Å²) in [6, 6.07) is 0. The molecule has 0 aromatic carbocycles. The van der Waals surface area contributed by atoms with Gasteiger partial charge in [0, 0.05) is 23.5 Å². The third kappa shape index (κ3) is 7.90. The first-order valence-corrected chi connectivity index (χ1v) is 13.0. The van der Waals surface area contributed by atoms with E-state index >= 15 is 0 Å². The molecule has 0 bridgehead atoms. The molecule has 2 saturated carbocycles. The molecule has 1 N–H and O–H groups in total. The molecule has 0 aliphatic heterocycles. The molecule has 2 aliphatic rings. The Morgan fingerprint density at radius 1 is 1.16 bits per heavy atom. The fraction of sp³-hybridized carbons (Fsp3) is 0.947. The maximum Gasteiger partial charge on any atom is 0.223 e. The van der Waals surface area contributed by atoms with Crippen LogP contribution in [0, 0.1) is 23.7 Å². The minimum atomic E-state index is -3.06. The van der Waals surface area contributed by atoms with Crippen molar-refractivity contribution >= 4 is 25.6 Å². The molecule has 0 spiro atoms. The van der Waals surface area contributed by atoms with E-state index in [9.17, 15) is 13.2 Å². The number of hydrogen-bond acceptors (Lipinski definition) is 4. The van der Waals surface area contributed by atoms with Gasteiger partial charge in [-0.1, -0.05) is 32.6 Å². The maximum absolute atomic E-state index is 12.6. The summed E-state index contributed by atoms with van der Waals surface area (Å²) in [6.45, 7) is 6.65. The number of hydrogen-bond donors (Lipinski definition) is 1. The molecule has 4 atom stereocenters. The Labute approximate surface area is 157 Å². The van der Waals surface area contributed by atoms with E-state index in [1.807, 2.05) is 13.8 Å². The van der Waals surface area contributed by atoms with Crippen LogP contribution in [0.25, 0.3) is 0 Å². The van der Waals surface area contributed by atoms with Crippen molar-refractivity contribution in [1.82, 2.24) is 5.32 Å². The molecule has 2 rings (SSSR count). The minimum absolute atomic E-state index is 0.179. The number of fused-ring (bicyclic) bond motifs is 1. The molecule has 4 nitrogen and oxygen atoms in total. The summed E-state index contributed by atoms with van der Waals surface area (Å²) in [5, 5.41) is 3.15. The van der Waals surface area contributed by atoms with E-state index in [0.717, 1.165) is 41.9 Å². The van der Waals surface area contributed by atoms with Gasteiger partial charge in [0.2, 0.25) is 5.91 Å².